The summed E-state index contributed by atoms with van der Waals surface area (Å²) in [4.78, 5) is 34.4. The van der Waals surface area contributed by atoms with E-state index in [0.717, 1.165) is 4.88 Å². The lowest BCUT2D eigenvalue weighted by Crippen LogP contribution is -2.26. The van der Waals surface area contributed by atoms with Gasteiger partial charge in [-0.15, -0.1) is 11.3 Å². The van der Waals surface area contributed by atoms with Gasteiger partial charge in [0.2, 0.25) is 11.7 Å². The number of aromatic amines is 1. The van der Waals surface area contributed by atoms with Crippen LogP contribution in [0.3, 0.4) is 0 Å². The van der Waals surface area contributed by atoms with E-state index < -0.39 is 0 Å². The summed E-state index contributed by atoms with van der Waals surface area (Å²) >= 11 is 1.27. The number of aromatic nitrogens is 5. The molecular weight excluding hydrogens is 395 g/mol. The van der Waals surface area contributed by atoms with Crippen molar-refractivity contribution in [3.05, 3.63) is 74.2 Å². The summed E-state index contributed by atoms with van der Waals surface area (Å²) in [7, 11) is 0. The first kappa shape index (κ1) is 18.9. The Morgan fingerprint density at radius 3 is 2.90 bits per heavy atom. The minimum atomic E-state index is -0.375. The second kappa shape index (κ2) is 7.55. The van der Waals surface area contributed by atoms with Gasteiger partial charge in [-0.05, 0) is 25.5 Å². The second-order valence-corrected chi connectivity index (χ2v) is 7.65. The number of carbonyl (C=O) groups excluding carboxylic acids is 1. The van der Waals surface area contributed by atoms with Crippen LogP contribution in [0, 0.1) is 19.7 Å². The lowest BCUT2D eigenvalue weighted by atomic mass is 10.1. The third kappa shape index (κ3) is 3.79. The van der Waals surface area contributed by atoms with Gasteiger partial charge in [-0.1, -0.05) is 18.2 Å². The molecule has 0 saturated carbocycles. The van der Waals surface area contributed by atoms with E-state index in [4.69, 9.17) is 0 Å². The van der Waals surface area contributed by atoms with Gasteiger partial charge in [-0.3, -0.25) is 9.59 Å². The highest BCUT2D eigenvalue weighted by Crippen LogP contribution is 2.22. The summed E-state index contributed by atoms with van der Waals surface area (Å²) in [5.74, 6) is 0.156. The van der Waals surface area contributed by atoms with Crippen molar-refractivity contribution in [3.63, 3.8) is 0 Å². The van der Waals surface area contributed by atoms with E-state index in [1.54, 1.807) is 38.2 Å². The molecule has 4 rings (SSSR count). The van der Waals surface area contributed by atoms with Crippen LogP contribution in [0.15, 0.2) is 35.3 Å². The van der Waals surface area contributed by atoms with E-state index in [1.807, 2.05) is 0 Å². The van der Waals surface area contributed by atoms with E-state index >= 15 is 0 Å². The minimum absolute atomic E-state index is 0.131. The molecule has 29 heavy (non-hydrogen) atoms. The first-order valence-corrected chi connectivity index (χ1v) is 9.65. The first-order valence-electron chi connectivity index (χ1n) is 8.83. The molecule has 3 aromatic heterocycles. The molecule has 3 heterocycles. The number of fused-ring (bicyclic) bond motifs is 1. The molecule has 4 aromatic rings. The summed E-state index contributed by atoms with van der Waals surface area (Å²) in [6.07, 6.45) is 1.86. The maximum absolute atomic E-state index is 13.8. The van der Waals surface area contributed by atoms with Crippen molar-refractivity contribution in [3.8, 4) is 0 Å². The van der Waals surface area contributed by atoms with Crippen LogP contribution in [0.5, 0.6) is 0 Å². The third-order valence-corrected chi connectivity index (χ3v) is 5.40. The first-order chi connectivity index (χ1) is 13.9. The largest absolute Gasteiger partial charge is 0.302 e. The zero-order chi connectivity index (χ0) is 20.5. The number of H-pyrrole nitrogens is 1. The summed E-state index contributed by atoms with van der Waals surface area (Å²) in [5, 5.41) is 9.75. The Morgan fingerprint density at radius 2 is 2.10 bits per heavy atom. The third-order valence-electron chi connectivity index (χ3n) is 4.48. The number of nitrogens with one attached hydrogen (secondary N) is 2. The van der Waals surface area contributed by atoms with Crippen molar-refractivity contribution in [2.75, 3.05) is 5.32 Å². The second-order valence-electron chi connectivity index (χ2n) is 6.54. The Bertz CT molecular complexity index is 1280. The molecule has 0 aliphatic rings. The van der Waals surface area contributed by atoms with Crippen LogP contribution < -0.4 is 10.9 Å². The van der Waals surface area contributed by atoms with Crippen LogP contribution in [0.2, 0.25) is 0 Å². The number of hydrogen-bond acceptors (Lipinski definition) is 6. The molecule has 0 atom stereocenters. The van der Waals surface area contributed by atoms with Crippen LogP contribution in [-0.2, 0) is 17.6 Å². The number of aryl methyl sites for hydroxylation is 2. The van der Waals surface area contributed by atoms with E-state index in [2.05, 4.69) is 25.5 Å². The van der Waals surface area contributed by atoms with Gasteiger partial charge < -0.3 is 5.32 Å². The van der Waals surface area contributed by atoms with Crippen LogP contribution in [0.25, 0.3) is 5.78 Å². The Hall–Kier alpha value is -3.40. The number of benzene rings is 1. The van der Waals surface area contributed by atoms with Gasteiger partial charge in [0.25, 0.3) is 5.56 Å². The van der Waals surface area contributed by atoms with Crippen LogP contribution in [0.4, 0.5) is 9.52 Å². The van der Waals surface area contributed by atoms with Gasteiger partial charge in [0.15, 0.2) is 5.13 Å². The maximum Gasteiger partial charge on any atom is 0.264 e. The molecule has 0 radical (unpaired) electrons. The van der Waals surface area contributed by atoms with Crippen molar-refractivity contribution < 1.29 is 9.18 Å². The number of amides is 1. The van der Waals surface area contributed by atoms with Gasteiger partial charge >= 0.3 is 0 Å². The predicted molar refractivity (Wildman–Crippen MR) is 107 cm³/mol. The Morgan fingerprint density at radius 1 is 1.31 bits per heavy atom. The smallest absolute Gasteiger partial charge is 0.264 e. The normalized spacial score (nSPS) is 11.1. The van der Waals surface area contributed by atoms with Crippen LogP contribution >= 0.6 is 11.3 Å². The average molecular weight is 412 g/mol. The van der Waals surface area contributed by atoms with E-state index in [0.29, 0.717) is 40.0 Å². The van der Waals surface area contributed by atoms with Gasteiger partial charge in [-0.2, -0.15) is 5.10 Å². The van der Waals surface area contributed by atoms with Gasteiger partial charge in [0, 0.05) is 23.1 Å². The fourth-order valence-corrected chi connectivity index (χ4v) is 3.87. The fourth-order valence-electron chi connectivity index (χ4n) is 3.02. The fraction of sp³-hybridized carbons (Fsp3) is 0.211. The van der Waals surface area contributed by atoms with Crippen LogP contribution in [-0.4, -0.2) is 30.5 Å². The minimum Gasteiger partial charge on any atom is -0.302 e. The quantitative estimate of drug-likeness (QED) is 0.524. The number of hydrogen-bond donors (Lipinski definition) is 2. The molecule has 1 aromatic carbocycles. The van der Waals surface area contributed by atoms with Crippen molar-refractivity contribution in [1.29, 1.82) is 0 Å². The molecule has 2 N–H and O–H groups in total. The molecule has 10 heteroatoms. The molecule has 148 valence electrons. The number of thiazole rings is 1. The monoisotopic (exact) mass is 412 g/mol. The van der Waals surface area contributed by atoms with Gasteiger partial charge in [0.05, 0.1) is 12.1 Å². The van der Waals surface area contributed by atoms with E-state index in [9.17, 15) is 14.0 Å². The lowest BCUT2D eigenvalue weighted by molar-refractivity contribution is -0.115. The van der Waals surface area contributed by atoms with E-state index in [-0.39, 0.29) is 23.7 Å². The highest BCUT2D eigenvalue weighted by atomic mass is 32.1. The Balaban J connectivity index is 1.49. The topological polar surface area (TPSA) is 105 Å². The summed E-state index contributed by atoms with van der Waals surface area (Å²) in [6.45, 7) is 3.36. The highest BCUT2D eigenvalue weighted by molar-refractivity contribution is 7.15. The zero-order valence-corrected chi connectivity index (χ0v) is 16.5. The van der Waals surface area contributed by atoms with Gasteiger partial charge in [-0.25, -0.2) is 23.9 Å². The van der Waals surface area contributed by atoms with Crippen LogP contribution in [0.1, 0.15) is 27.5 Å². The van der Waals surface area contributed by atoms with Crippen molar-refractivity contribution >= 4 is 28.2 Å². The molecule has 0 aliphatic carbocycles. The molecular formula is C19H17FN6O2S. The number of carbonyl (C=O) groups is 1. The molecule has 1 amide bonds. The molecule has 0 aliphatic heterocycles. The number of rotatable bonds is 5. The zero-order valence-electron chi connectivity index (χ0n) is 15.7. The summed E-state index contributed by atoms with van der Waals surface area (Å²) < 4.78 is 15.1. The summed E-state index contributed by atoms with van der Waals surface area (Å²) in [5.41, 5.74) is 1.00. The molecule has 0 spiro atoms. The molecule has 0 fully saturated rings. The number of nitrogens with zero attached hydrogens (tertiary/aromatic N) is 4. The lowest BCUT2D eigenvalue weighted by Gasteiger charge is -2.05. The number of halogens is 1. The predicted octanol–water partition coefficient (Wildman–Crippen LogP) is 2.40. The SMILES string of the molecule is Cc1nc2[nH]nc(C)n2c(=O)c1CC(=O)Nc1ncc(Cc2ccccc2F)s1. The molecule has 0 bridgehead atoms. The highest BCUT2D eigenvalue weighted by Gasteiger charge is 2.17. The van der Waals surface area contributed by atoms with E-state index in [1.165, 1.54) is 21.8 Å². The van der Waals surface area contributed by atoms with Gasteiger partial charge in [0.1, 0.15) is 11.6 Å². The van der Waals surface area contributed by atoms with Crippen molar-refractivity contribution in [2.24, 2.45) is 0 Å². The average Bonchev–Trinajstić information content (AvgIpc) is 3.27. The Kier molecular flexibility index (Phi) is 4.93. The molecule has 8 nitrogen and oxygen atoms in total. The Labute approximate surface area is 168 Å². The maximum atomic E-state index is 13.8. The van der Waals surface area contributed by atoms with Crippen molar-refractivity contribution in [1.82, 2.24) is 24.6 Å². The molecule has 0 saturated heterocycles. The molecule has 0 unspecified atom stereocenters. The standard InChI is InChI=1S/C19H17FN6O2S/c1-10-14(17(28)26-11(2)24-25-18(26)22-10)8-16(27)23-19-21-9-13(29-19)7-12-5-3-4-6-15(12)20/h3-6,9H,7-8H2,1-2H3,(H,22,25)(H,21,23,27). The number of anilines is 1. The summed E-state index contributed by atoms with van der Waals surface area (Å²) in [6, 6.07) is 6.53. The van der Waals surface area contributed by atoms with Crippen molar-refractivity contribution in [2.45, 2.75) is 26.7 Å².